The van der Waals surface area contributed by atoms with Gasteiger partial charge in [-0.2, -0.15) is 0 Å². The van der Waals surface area contributed by atoms with Crippen LogP contribution < -0.4 is 10.6 Å². The van der Waals surface area contributed by atoms with Crippen molar-refractivity contribution < 1.29 is 19.2 Å². The summed E-state index contributed by atoms with van der Waals surface area (Å²) in [6.07, 6.45) is 6.75. The monoisotopic (exact) mass is 452 g/mol. The van der Waals surface area contributed by atoms with Crippen LogP contribution in [0.15, 0.2) is 49.1 Å². The molecule has 2 N–H and O–H groups in total. The molecule has 0 aliphatic rings. The van der Waals surface area contributed by atoms with E-state index in [1.165, 1.54) is 24.8 Å². The van der Waals surface area contributed by atoms with Crippen molar-refractivity contribution in [3.63, 3.8) is 0 Å². The van der Waals surface area contributed by atoms with E-state index in [-0.39, 0.29) is 48.1 Å². The number of hydrogen-bond donors (Lipinski definition) is 2. The van der Waals surface area contributed by atoms with E-state index in [1.54, 1.807) is 24.3 Å². The number of rotatable bonds is 12. The minimum absolute atomic E-state index is 0.0953. The summed E-state index contributed by atoms with van der Waals surface area (Å²) in [5.41, 5.74) is 0.867. The molecule has 0 aliphatic heterocycles. The zero-order chi connectivity index (χ0) is 24.4. The average Bonchev–Trinajstić information content (AvgIpc) is 2.81. The number of hydrogen-bond acceptors (Lipinski definition) is 6. The van der Waals surface area contributed by atoms with Crippen LogP contribution >= 0.6 is 0 Å². The zero-order valence-corrected chi connectivity index (χ0v) is 19.6. The van der Waals surface area contributed by atoms with Crippen molar-refractivity contribution in [3.8, 4) is 0 Å². The predicted octanol–water partition coefficient (Wildman–Crippen LogP) is 2.99. The van der Waals surface area contributed by atoms with Crippen molar-refractivity contribution >= 4 is 23.4 Å². The van der Waals surface area contributed by atoms with Gasteiger partial charge in [0.2, 0.25) is 0 Å². The first-order valence-electron chi connectivity index (χ1n) is 11.2. The van der Waals surface area contributed by atoms with Crippen LogP contribution in [-0.4, -0.2) is 45.4 Å². The summed E-state index contributed by atoms with van der Waals surface area (Å²) < 4.78 is 0. The van der Waals surface area contributed by atoms with Crippen LogP contribution in [0.1, 0.15) is 67.7 Å². The molecule has 0 radical (unpaired) electrons. The smallest absolute Gasteiger partial charge is 0.251 e. The fourth-order valence-electron chi connectivity index (χ4n) is 3.44. The number of ketones is 2. The maximum Gasteiger partial charge on any atom is 0.251 e. The Morgan fingerprint density at radius 3 is 1.30 bits per heavy atom. The van der Waals surface area contributed by atoms with Gasteiger partial charge in [0.05, 0.1) is 12.1 Å². The number of carbonyl (C=O) groups excluding carboxylic acids is 4. The van der Waals surface area contributed by atoms with Gasteiger partial charge in [0.25, 0.3) is 11.8 Å². The Morgan fingerprint density at radius 1 is 0.667 bits per heavy atom. The molecule has 0 saturated carbocycles. The van der Waals surface area contributed by atoms with Crippen LogP contribution in [0.25, 0.3) is 0 Å². The number of carbonyl (C=O) groups is 4. The Hall–Kier alpha value is -3.42. The number of amides is 2. The van der Waals surface area contributed by atoms with E-state index in [9.17, 15) is 19.2 Å². The molecule has 176 valence electrons. The molecule has 0 unspecified atom stereocenters. The fraction of sp³-hybridized carbons (Fsp3) is 0.440. The second-order valence-electron chi connectivity index (χ2n) is 8.65. The van der Waals surface area contributed by atoms with E-state index < -0.39 is 12.1 Å². The highest BCUT2D eigenvalue weighted by Gasteiger charge is 2.27. The Morgan fingerprint density at radius 2 is 1.00 bits per heavy atom. The third kappa shape index (κ3) is 7.89. The fourth-order valence-corrected chi connectivity index (χ4v) is 3.44. The highest BCUT2D eigenvalue weighted by Crippen LogP contribution is 2.13. The number of pyridine rings is 2. The van der Waals surface area contributed by atoms with Crippen molar-refractivity contribution in [3.05, 3.63) is 60.2 Å². The summed E-state index contributed by atoms with van der Waals surface area (Å²) in [7, 11) is 0. The molecular weight excluding hydrogens is 420 g/mol. The molecule has 8 heteroatoms. The largest absolute Gasteiger partial charge is 0.342 e. The number of aromatic nitrogens is 2. The highest BCUT2D eigenvalue weighted by atomic mass is 16.2. The summed E-state index contributed by atoms with van der Waals surface area (Å²) in [5, 5.41) is 5.59. The first-order valence-corrected chi connectivity index (χ1v) is 11.2. The highest BCUT2D eigenvalue weighted by molar-refractivity contribution is 5.99. The normalized spacial score (nSPS) is 12.8. The van der Waals surface area contributed by atoms with E-state index in [0.29, 0.717) is 17.5 Å². The van der Waals surface area contributed by atoms with Gasteiger partial charge in [0.1, 0.15) is 0 Å². The Balaban J connectivity index is 1.91. The van der Waals surface area contributed by atoms with Crippen LogP contribution in [-0.2, 0) is 9.59 Å². The van der Waals surface area contributed by atoms with Crippen LogP contribution in [0.3, 0.4) is 0 Å². The van der Waals surface area contributed by atoms with Gasteiger partial charge in [0.15, 0.2) is 11.6 Å². The third-order valence-electron chi connectivity index (χ3n) is 5.33. The quantitative estimate of drug-likeness (QED) is 0.511. The molecule has 0 fully saturated rings. The summed E-state index contributed by atoms with van der Waals surface area (Å²) >= 11 is 0. The molecule has 0 aliphatic carbocycles. The van der Waals surface area contributed by atoms with Gasteiger partial charge >= 0.3 is 0 Å². The first-order chi connectivity index (χ1) is 15.7. The lowest BCUT2D eigenvalue weighted by Gasteiger charge is -2.22. The average molecular weight is 453 g/mol. The maximum atomic E-state index is 12.8. The van der Waals surface area contributed by atoms with Crippen LogP contribution in [0.2, 0.25) is 0 Å². The maximum absolute atomic E-state index is 12.8. The van der Waals surface area contributed by atoms with Gasteiger partial charge in [-0.05, 0) is 42.5 Å². The topological polar surface area (TPSA) is 118 Å². The number of Topliss-reactive ketones (excluding diaryl/α,β-unsaturated/α-hetero) is 2. The second-order valence-corrected chi connectivity index (χ2v) is 8.65. The zero-order valence-electron chi connectivity index (χ0n) is 19.6. The van der Waals surface area contributed by atoms with Crippen molar-refractivity contribution in [1.82, 2.24) is 20.6 Å². The number of nitrogens with one attached hydrogen (secondary N) is 2. The molecule has 2 atom stereocenters. The van der Waals surface area contributed by atoms with Gasteiger partial charge in [0, 0.05) is 48.8 Å². The summed E-state index contributed by atoms with van der Waals surface area (Å²) in [6.45, 7) is 7.46. The predicted molar refractivity (Wildman–Crippen MR) is 125 cm³/mol. The van der Waals surface area contributed by atoms with Gasteiger partial charge in [-0.3, -0.25) is 29.1 Å². The number of nitrogens with zero attached hydrogens (tertiary/aromatic N) is 2. The third-order valence-corrected chi connectivity index (χ3v) is 5.33. The molecule has 33 heavy (non-hydrogen) atoms. The van der Waals surface area contributed by atoms with Crippen molar-refractivity contribution in [2.24, 2.45) is 11.8 Å². The Kier molecular flexibility index (Phi) is 9.84. The SMILES string of the molecule is CC(C)[C@H](NC(=O)c1ccncc1)C(=O)CCCC(=O)[C@@H](NC(=O)c1ccncc1)C(C)C. The van der Waals surface area contributed by atoms with E-state index in [0.717, 1.165) is 0 Å². The molecule has 2 rings (SSSR count). The molecule has 2 amide bonds. The summed E-state index contributed by atoms with van der Waals surface area (Å²) in [5.74, 6) is -1.10. The minimum Gasteiger partial charge on any atom is -0.342 e. The van der Waals surface area contributed by atoms with Crippen LogP contribution in [0.4, 0.5) is 0 Å². The lowest BCUT2D eigenvalue weighted by Crippen LogP contribution is -2.45. The Bertz CT molecular complexity index is 868. The standard InChI is InChI=1S/C25H32N4O4/c1-16(2)22(28-24(32)18-8-12-26-13-9-18)20(30)6-5-7-21(31)23(17(3)4)29-25(33)19-10-14-27-15-11-19/h8-17,22-23H,5-7H2,1-4H3,(H,28,32)(H,29,33)/t22-,23-/m0/s1. The minimum atomic E-state index is -0.645. The molecule has 2 aromatic rings. The van der Waals surface area contributed by atoms with Crippen molar-refractivity contribution in [1.29, 1.82) is 0 Å². The molecular formula is C25H32N4O4. The molecule has 0 aromatic carbocycles. The van der Waals surface area contributed by atoms with Gasteiger partial charge in [-0.25, -0.2) is 0 Å². The first kappa shape index (κ1) is 25.8. The van der Waals surface area contributed by atoms with Crippen molar-refractivity contribution in [2.75, 3.05) is 0 Å². The van der Waals surface area contributed by atoms with E-state index in [4.69, 9.17) is 0 Å². The summed E-state index contributed by atoms with van der Waals surface area (Å²) in [4.78, 5) is 58.2. The molecule has 0 saturated heterocycles. The van der Waals surface area contributed by atoms with Gasteiger partial charge in [-0.1, -0.05) is 27.7 Å². The second kappa shape index (κ2) is 12.6. The molecule has 0 spiro atoms. The lowest BCUT2D eigenvalue weighted by atomic mass is 9.93. The summed E-state index contributed by atoms with van der Waals surface area (Å²) in [6, 6.07) is 5.05. The molecule has 2 aromatic heterocycles. The lowest BCUT2D eigenvalue weighted by molar-refractivity contribution is -0.123. The van der Waals surface area contributed by atoms with E-state index >= 15 is 0 Å². The Labute approximate surface area is 194 Å². The van der Waals surface area contributed by atoms with E-state index in [2.05, 4.69) is 20.6 Å². The van der Waals surface area contributed by atoms with E-state index in [1.807, 2.05) is 27.7 Å². The molecule has 0 bridgehead atoms. The van der Waals surface area contributed by atoms with Gasteiger partial charge in [-0.15, -0.1) is 0 Å². The van der Waals surface area contributed by atoms with Crippen LogP contribution in [0, 0.1) is 11.8 Å². The molecule has 2 heterocycles. The van der Waals surface area contributed by atoms with Gasteiger partial charge < -0.3 is 10.6 Å². The van der Waals surface area contributed by atoms with Crippen LogP contribution in [0.5, 0.6) is 0 Å². The molecule has 8 nitrogen and oxygen atoms in total. The van der Waals surface area contributed by atoms with Crippen molar-refractivity contribution in [2.45, 2.75) is 59.0 Å².